The fourth-order valence-corrected chi connectivity index (χ4v) is 3.86. The second-order valence-corrected chi connectivity index (χ2v) is 5.97. The average molecular weight is 238 g/mol. The molecule has 0 aromatic heterocycles. The Balaban J connectivity index is 1.59. The number of hydrogen-bond donors (Lipinski definition) is 1. The second-order valence-electron chi connectivity index (χ2n) is 5.97. The van der Waals surface area contributed by atoms with Gasteiger partial charge in [0, 0.05) is 25.2 Å². The number of fused-ring (bicyclic) bond motifs is 2. The minimum atomic E-state index is 0.543. The molecule has 3 aliphatic rings. The van der Waals surface area contributed by atoms with Gasteiger partial charge >= 0.3 is 0 Å². The highest BCUT2D eigenvalue weighted by atomic mass is 16.5. The first kappa shape index (κ1) is 11.9. The number of ether oxygens (including phenoxy) is 1. The Labute approximate surface area is 105 Å². The molecule has 2 aliphatic heterocycles. The van der Waals surface area contributed by atoms with Crippen molar-refractivity contribution in [2.45, 2.75) is 69.7 Å². The molecule has 2 heterocycles. The van der Waals surface area contributed by atoms with Crippen molar-refractivity contribution in [1.82, 2.24) is 10.2 Å². The number of rotatable bonds is 4. The first-order valence-electron chi connectivity index (χ1n) is 7.49. The quantitative estimate of drug-likeness (QED) is 0.808. The first-order valence-corrected chi connectivity index (χ1v) is 7.49. The van der Waals surface area contributed by atoms with Gasteiger partial charge in [0.05, 0.1) is 12.2 Å². The molecule has 0 radical (unpaired) electrons. The van der Waals surface area contributed by atoms with Crippen LogP contribution in [0.15, 0.2) is 0 Å². The number of nitrogens with one attached hydrogen (secondary N) is 1. The summed E-state index contributed by atoms with van der Waals surface area (Å²) in [5, 5.41) is 3.75. The summed E-state index contributed by atoms with van der Waals surface area (Å²) in [6, 6.07) is 1.53. The lowest BCUT2D eigenvalue weighted by Gasteiger charge is -2.39. The average Bonchev–Trinajstić information content (AvgIpc) is 2.93. The molecule has 2 bridgehead atoms. The summed E-state index contributed by atoms with van der Waals surface area (Å²) in [4.78, 5) is 2.73. The number of morpholine rings is 1. The molecule has 0 aromatic rings. The molecule has 0 spiro atoms. The molecule has 3 heteroatoms. The Morgan fingerprint density at radius 2 is 1.88 bits per heavy atom. The van der Waals surface area contributed by atoms with Crippen LogP contribution in [-0.2, 0) is 4.74 Å². The van der Waals surface area contributed by atoms with Gasteiger partial charge in [-0.3, -0.25) is 4.90 Å². The molecular formula is C14H26N2O. The van der Waals surface area contributed by atoms with Crippen molar-refractivity contribution in [3.05, 3.63) is 0 Å². The van der Waals surface area contributed by atoms with E-state index in [1.165, 1.54) is 58.2 Å². The summed E-state index contributed by atoms with van der Waals surface area (Å²) >= 11 is 0. The topological polar surface area (TPSA) is 24.5 Å². The van der Waals surface area contributed by atoms with Crippen LogP contribution in [0, 0.1) is 0 Å². The summed E-state index contributed by atoms with van der Waals surface area (Å²) in [5.41, 5.74) is 0. The third-order valence-electron chi connectivity index (χ3n) is 4.68. The van der Waals surface area contributed by atoms with Crippen LogP contribution in [0.2, 0.25) is 0 Å². The zero-order chi connectivity index (χ0) is 11.7. The lowest BCUT2D eigenvalue weighted by Crippen LogP contribution is -2.53. The predicted octanol–water partition coefficient (Wildman–Crippen LogP) is 1.77. The van der Waals surface area contributed by atoms with Gasteiger partial charge in [-0.05, 0) is 38.6 Å². The maximum Gasteiger partial charge on any atom is 0.0707 e. The van der Waals surface area contributed by atoms with Crippen molar-refractivity contribution < 1.29 is 4.74 Å². The highest BCUT2D eigenvalue weighted by Gasteiger charge is 2.40. The predicted molar refractivity (Wildman–Crippen MR) is 69.2 cm³/mol. The van der Waals surface area contributed by atoms with Crippen LogP contribution in [0.4, 0.5) is 0 Å². The van der Waals surface area contributed by atoms with E-state index in [-0.39, 0.29) is 0 Å². The van der Waals surface area contributed by atoms with Gasteiger partial charge in [-0.1, -0.05) is 13.3 Å². The van der Waals surface area contributed by atoms with Crippen molar-refractivity contribution in [2.75, 3.05) is 19.6 Å². The van der Waals surface area contributed by atoms with Crippen LogP contribution in [0.1, 0.15) is 45.4 Å². The zero-order valence-electron chi connectivity index (χ0n) is 11.0. The Bertz CT molecular complexity index is 247. The van der Waals surface area contributed by atoms with Gasteiger partial charge in [-0.2, -0.15) is 0 Å². The van der Waals surface area contributed by atoms with Crippen molar-refractivity contribution in [1.29, 1.82) is 0 Å². The lowest BCUT2D eigenvalue weighted by atomic mass is 10.1. The number of nitrogens with zero attached hydrogens (tertiary/aromatic N) is 1. The molecule has 3 nitrogen and oxygen atoms in total. The van der Waals surface area contributed by atoms with Gasteiger partial charge in [-0.25, -0.2) is 0 Å². The highest BCUT2D eigenvalue weighted by molar-refractivity contribution is 4.95. The molecule has 1 saturated carbocycles. The smallest absolute Gasteiger partial charge is 0.0707 e. The summed E-state index contributed by atoms with van der Waals surface area (Å²) < 4.78 is 5.94. The van der Waals surface area contributed by atoms with Gasteiger partial charge in [-0.15, -0.1) is 0 Å². The second kappa shape index (κ2) is 5.25. The van der Waals surface area contributed by atoms with E-state index in [2.05, 4.69) is 17.1 Å². The molecule has 4 atom stereocenters. The van der Waals surface area contributed by atoms with Crippen LogP contribution in [0.25, 0.3) is 0 Å². The SMILES string of the molecule is CCCNC1CCCC1N1CC2CCC(C1)O2. The molecule has 17 heavy (non-hydrogen) atoms. The molecule has 3 rings (SSSR count). The van der Waals surface area contributed by atoms with E-state index in [9.17, 15) is 0 Å². The summed E-state index contributed by atoms with van der Waals surface area (Å²) in [6.45, 7) is 5.81. The molecule has 0 amide bonds. The fraction of sp³-hybridized carbons (Fsp3) is 1.00. The molecular weight excluding hydrogens is 212 g/mol. The van der Waals surface area contributed by atoms with Gasteiger partial charge in [0.15, 0.2) is 0 Å². The normalized spacial score (nSPS) is 42.2. The molecule has 3 fully saturated rings. The van der Waals surface area contributed by atoms with E-state index in [1.54, 1.807) is 0 Å². The first-order chi connectivity index (χ1) is 8.36. The minimum Gasteiger partial charge on any atom is -0.372 e. The molecule has 98 valence electrons. The van der Waals surface area contributed by atoms with E-state index in [1.807, 2.05) is 0 Å². The Hall–Kier alpha value is -0.120. The van der Waals surface area contributed by atoms with Crippen LogP contribution in [-0.4, -0.2) is 48.8 Å². The highest BCUT2D eigenvalue weighted by Crippen LogP contribution is 2.32. The van der Waals surface area contributed by atoms with Gasteiger partial charge in [0.2, 0.25) is 0 Å². The zero-order valence-corrected chi connectivity index (χ0v) is 11.0. The van der Waals surface area contributed by atoms with E-state index >= 15 is 0 Å². The van der Waals surface area contributed by atoms with Crippen molar-refractivity contribution >= 4 is 0 Å². The molecule has 2 saturated heterocycles. The summed E-state index contributed by atoms with van der Waals surface area (Å²) in [6.07, 6.45) is 9.08. The Kier molecular flexibility index (Phi) is 3.69. The monoisotopic (exact) mass is 238 g/mol. The van der Waals surface area contributed by atoms with E-state index in [4.69, 9.17) is 4.74 Å². The maximum atomic E-state index is 5.94. The largest absolute Gasteiger partial charge is 0.372 e. The molecule has 0 aromatic carbocycles. The third kappa shape index (κ3) is 2.51. The van der Waals surface area contributed by atoms with Gasteiger partial charge < -0.3 is 10.1 Å². The summed E-state index contributed by atoms with van der Waals surface area (Å²) in [5.74, 6) is 0. The van der Waals surface area contributed by atoms with Crippen LogP contribution in [0.3, 0.4) is 0 Å². The Morgan fingerprint density at radius 3 is 2.59 bits per heavy atom. The van der Waals surface area contributed by atoms with E-state index in [0.717, 1.165) is 12.1 Å². The standard InChI is InChI=1S/C14H26N2O/c1-2-8-15-13-4-3-5-14(13)16-9-11-6-7-12(10-16)17-11/h11-15H,2-10H2,1H3. The van der Waals surface area contributed by atoms with E-state index < -0.39 is 0 Å². The Morgan fingerprint density at radius 1 is 1.12 bits per heavy atom. The van der Waals surface area contributed by atoms with Crippen LogP contribution in [0.5, 0.6) is 0 Å². The molecule has 4 unspecified atom stereocenters. The van der Waals surface area contributed by atoms with Crippen LogP contribution < -0.4 is 5.32 Å². The van der Waals surface area contributed by atoms with E-state index in [0.29, 0.717) is 12.2 Å². The van der Waals surface area contributed by atoms with Gasteiger partial charge in [0.1, 0.15) is 0 Å². The van der Waals surface area contributed by atoms with Crippen molar-refractivity contribution in [3.63, 3.8) is 0 Å². The number of hydrogen-bond acceptors (Lipinski definition) is 3. The van der Waals surface area contributed by atoms with Crippen molar-refractivity contribution in [2.24, 2.45) is 0 Å². The third-order valence-corrected chi connectivity index (χ3v) is 4.68. The number of likely N-dealkylation sites (tertiary alicyclic amines) is 1. The lowest BCUT2D eigenvalue weighted by molar-refractivity contribution is -0.0549. The molecule has 1 N–H and O–H groups in total. The molecule has 1 aliphatic carbocycles. The fourth-order valence-electron chi connectivity index (χ4n) is 3.86. The van der Waals surface area contributed by atoms with Gasteiger partial charge in [0.25, 0.3) is 0 Å². The van der Waals surface area contributed by atoms with Crippen LogP contribution >= 0.6 is 0 Å². The maximum absolute atomic E-state index is 5.94. The van der Waals surface area contributed by atoms with Crippen molar-refractivity contribution in [3.8, 4) is 0 Å². The summed E-state index contributed by atoms with van der Waals surface area (Å²) in [7, 11) is 0. The minimum absolute atomic E-state index is 0.543.